The molecule has 1 saturated carbocycles. The van der Waals surface area contributed by atoms with Crippen molar-refractivity contribution in [2.45, 2.75) is 17.9 Å². The molecule has 0 aromatic heterocycles. The van der Waals surface area contributed by atoms with E-state index in [4.69, 9.17) is 5.11 Å². The molecule has 0 aromatic carbocycles. The molecule has 0 aromatic rings. The fourth-order valence-corrected chi connectivity index (χ4v) is 2.50. The van der Waals surface area contributed by atoms with Crippen LogP contribution in [0.5, 0.6) is 0 Å². The molecule has 0 spiro atoms. The smallest absolute Gasteiger partial charge is 0.329 e. The van der Waals surface area contributed by atoms with Gasteiger partial charge in [-0.3, -0.25) is 0 Å². The highest BCUT2D eigenvalue weighted by Crippen LogP contribution is 2.58. The fourth-order valence-electron chi connectivity index (χ4n) is 2.50. The van der Waals surface area contributed by atoms with Gasteiger partial charge < -0.3 is 9.84 Å². The monoisotopic (exact) mass is 236 g/mol. The minimum Gasteiger partial charge on any atom is -0.480 e. The molecule has 3 nitrogen and oxygen atoms in total. The highest BCUT2D eigenvalue weighted by atomic mass is 19.3. The van der Waals surface area contributed by atoms with Crippen LogP contribution in [0.1, 0.15) is 6.42 Å². The largest absolute Gasteiger partial charge is 0.480 e. The first kappa shape index (κ1) is 11.4. The fraction of sp³-hybridized carbons (Fsp3) is 0.700. The van der Waals surface area contributed by atoms with Gasteiger partial charge in [-0.2, -0.15) is 0 Å². The van der Waals surface area contributed by atoms with Crippen LogP contribution in [0, 0.1) is 11.8 Å². The number of rotatable bonds is 4. The molecule has 16 heavy (non-hydrogen) atoms. The van der Waals surface area contributed by atoms with E-state index in [-0.39, 0.29) is 6.42 Å². The van der Waals surface area contributed by atoms with Gasteiger partial charge in [0.15, 0.2) is 5.60 Å². The Labute approximate surface area is 89.9 Å². The van der Waals surface area contributed by atoms with Crippen LogP contribution in [-0.4, -0.2) is 35.9 Å². The first-order chi connectivity index (χ1) is 7.44. The maximum atomic E-state index is 13.8. The molecule has 90 valence electrons. The Morgan fingerprint density at radius 1 is 1.44 bits per heavy atom. The second-order valence-electron chi connectivity index (χ2n) is 4.16. The zero-order chi connectivity index (χ0) is 12.0. The van der Waals surface area contributed by atoms with Crippen molar-refractivity contribution in [3.05, 3.63) is 12.2 Å². The minimum atomic E-state index is -3.34. The van der Waals surface area contributed by atoms with Crippen LogP contribution in [-0.2, 0) is 9.53 Å². The Balaban J connectivity index is 2.26. The molecular formula is C10H11F3O3. The van der Waals surface area contributed by atoms with Gasteiger partial charge >= 0.3 is 5.97 Å². The number of halogens is 3. The third kappa shape index (κ3) is 1.29. The van der Waals surface area contributed by atoms with E-state index in [1.54, 1.807) is 0 Å². The molecule has 0 saturated heterocycles. The Bertz CT molecular complexity index is 342. The SMILES string of the molecule is O=C(O)COC1(CF)C2C=CC(C2)C1(F)F. The summed E-state index contributed by atoms with van der Waals surface area (Å²) in [5.41, 5.74) is -2.29. The van der Waals surface area contributed by atoms with Crippen molar-refractivity contribution < 1.29 is 27.8 Å². The summed E-state index contributed by atoms with van der Waals surface area (Å²) in [7, 11) is 0. The van der Waals surface area contributed by atoms with Crippen molar-refractivity contribution >= 4 is 5.97 Å². The molecule has 2 rings (SSSR count). The standard InChI is InChI=1S/C10H11F3O3/c11-5-9(16-4-8(14)15)6-1-2-7(3-6)10(9,12)13/h1-2,6-7H,3-5H2,(H,14,15). The van der Waals surface area contributed by atoms with Gasteiger partial charge in [-0.15, -0.1) is 0 Å². The molecule has 2 aliphatic carbocycles. The van der Waals surface area contributed by atoms with Crippen molar-refractivity contribution in [1.29, 1.82) is 0 Å². The van der Waals surface area contributed by atoms with Crippen LogP contribution in [0.3, 0.4) is 0 Å². The molecule has 2 aliphatic rings. The van der Waals surface area contributed by atoms with Crippen LogP contribution >= 0.6 is 0 Å². The Hall–Kier alpha value is -1.04. The summed E-state index contributed by atoms with van der Waals surface area (Å²) in [5.74, 6) is -6.49. The lowest BCUT2D eigenvalue weighted by atomic mass is 9.85. The Morgan fingerprint density at radius 2 is 2.06 bits per heavy atom. The number of carboxylic acid groups (broad SMARTS) is 1. The van der Waals surface area contributed by atoms with E-state index in [0.29, 0.717) is 0 Å². The second kappa shape index (κ2) is 3.48. The maximum Gasteiger partial charge on any atom is 0.329 e. The van der Waals surface area contributed by atoms with E-state index in [1.165, 1.54) is 12.2 Å². The van der Waals surface area contributed by atoms with Crippen molar-refractivity contribution in [2.24, 2.45) is 11.8 Å². The van der Waals surface area contributed by atoms with E-state index in [9.17, 15) is 18.0 Å². The van der Waals surface area contributed by atoms with Crippen molar-refractivity contribution in [3.63, 3.8) is 0 Å². The lowest BCUT2D eigenvalue weighted by molar-refractivity contribution is -0.223. The van der Waals surface area contributed by atoms with Crippen molar-refractivity contribution in [3.8, 4) is 0 Å². The lowest BCUT2D eigenvalue weighted by Gasteiger charge is -2.38. The molecule has 0 aliphatic heterocycles. The summed E-state index contributed by atoms with van der Waals surface area (Å²) in [6.07, 6.45) is 2.96. The molecule has 0 heterocycles. The summed E-state index contributed by atoms with van der Waals surface area (Å²) in [5, 5.41) is 8.41. The molecule has 0 radical (unpaired) electrons. The number of carbonyl (C=O) groups is 1. The predicted molar refractivity (Wildman–Crippen MR) is 48.0 cm³/mol. The third-order valence-electron chi connectivity index (χ3n) is 3.36. The first-order valence-electron chi connectivity index (χ1n) is 4.92. The third-order valence-corrected chi connectivity index (χ3v) is 3.36. The number of ether oxygens (including phenoxy) is 1. The topological polar surface area (TPSA) is 46.5 Å². The number of fused-ring (bicyclic) bond motifs is 2. The maximum absolute atomic E-state index is 13.8. The van der Waals surface area contributed by atoms with Crippen molar-refractivity contribution in [2.75, 3.05) is 13.3 Å². The van der Waals surface area contributed by atoms with Gasteiger partial charge in [0.2, 0.25) is 0 Å². The van der Waals surface area contributed by atoms with Gasteiger partial charge in [0.25, 0.3) is 5.92 Å². The quantitative estimate of drug-likeness (QED) is 0.755. The number of hydrogen-bond donors (Lipinski definition) is 1. The van der Waals surface area contributed by atoms with Gasteiger partial charge in [0, 0.05) is 11.8 Å². The van der Waals surface area contributed by atoms with E-state index < -0.39 is 42.6 Å². The molecule has 1 N–H and O–H groups in total. The molecule has 3 unspecified atom stereocenters. The zero-order valence-electron chi connectivity index (χ0n) is 8.33. The molecule has 3 atom stereocenters. The average Bonchev–Trinajstić information content (AvgIpc) is 2.74. The van der Waals surface area contributed by atoms with Crippen LogP contribution < -0.4 is 0 Å². The van der Waals surface area contributed by atoms with Gasteiger partial charge in [0.05, 0.1) is 0 Å². The summed E-state index contributed by atoms with van der Waals surface area (Å²) in [6.45, 7) is -2.28. The van der Waals surface area contributed by atoms with Gasteiger partial charge in [0.1, 0.15) is 13.3 Å². The van der Waals surface area contributed by atoms with Gasteiger partial charge in [-0.25, -0.2) is 18.0 Å². The molecule has 0 amide bonds. The summed E-state index contributed by atoms with van der Waals surface area (Å²) in [6, 6.07) is 0. The molecular weight excluding hydrogens is 225 g/mol. The van der Waals surface area contributed by atoms with Crippen LogP contribution in [0.25, 0.3) is 0 Å². The number of aliphatic carboxylic acids is 1. The van der Waals surface area contributed by atoms with E-state index in [0.717, 1.165) is 0 Å². The summed E-state index contributed by atoms with van der Waals surface area (Å²) < 4.78 is 45.2. The molecule has 2 bridgehead atoms. The average molecular weight is 236 g/mol. The predicted octanol–water partition coefficient (Wildman–Crippen LogP) is 1.64. The van der Waals surface area contributed by atoms with Gasteiger partial charge in [-0.05, 0) is 6.42 Å². The number of allylic oxidation sites excluding steroid dienone is 1. The number of hydrogen-bond acceptors (Lipinski definition) is 2. The van der Waals surface area contributed by atoms with E-state index in [1.807, 2.05) is 0 Å². The van der Waals surface area contributed by atoms with Crippen molar-refractivity contribution in [1.82, 2.24) is 0 Å². The van der Waals surface area contributed by atoms with Crippen LogP contribution in [0.2, 0.25) is 0 Å². The first-order valence-corrected chi connectivity index (χ1v) is 4.92. The van der Waals surface area contributed by atoms with Gasteiger partial charge in [-0.1, -0.05) is 12.2 Å². The highest BCUT2D eigenvalue weighted by molar-refractivity contribution is 5.68. The number of carboxylic acids is 1. The van der Waals surface area contributed by atoms with E-state index >= 15 is 0 Å². The zero-order valence-corrected chi connectivity index (χ0v) is 8.33. The Morgan fingerprint density at radius 3 is 2.50 bits per heavy atom. The van der Waals surface area contributed by atoms with Crippen LogP contribution in [0.15, 0.2) is 12.2 Å². The minimum absolute atomic E-state index is 0.122. The summed E-state index contributed by atoms with van der Waals surface area (Å²) >= 11 is 0. The normalized spacial score (nSPS) is 39.2. The van der Waals surface area contributed by atoms with Crippen LogP contribution in [0.4, 0.5) is 13.2 Å². The highest BCUT2D eigenvalue weighted by Gasteiger charge is 2.70. The van der Waals surface area contributed by atoms with E-state index in [2.05, 4.69) is 4.74 Å². The molecule has 1 fully saturated rings. The summed E-state index contributed by atoms with van der Waals surface area (Å²) in [4.78, 5) is 10.3. The lowest BCUT2D eigenvalue weighted by Crippen LogP contribution is -2.55. The Kier molecular flexibility index (Phi) is 2.49. The molecule has 6 heteroatoms. The number of alkyl halides is 3. The second-order valence-corrected chi connectivity index (χ2v) is 4.16.